The van der Waals surface area contributed by atoms with Gasteiger partial charge in [0.2, 0.25) is 0 Å². The number of anilines is 1. The number of nitrogens with one attached hydrogen (secondary N) is 2. The van der Waals surface area contributed by atoms with E-state index in [9.17, 15) is 24.8 Å². The van der Waals surface area contributed by atoms with Crippen LogP contribution in [-0.2, 0) is 4.79 Å². The van der Waals surface area contributed by atoms with Gasteiger partial charge in [0.05, 0.1) is 4.92 Å². The number of urea groups is 1. The maximum absolute atomic E-state index is 11.9. The molecule has 0 saturated carbocycles. The molecule has 0 aromatic heterocycles. The van der Waals surface area contributed by atoms with Gasteiger partial charge in [-0.2, -0.15) is 11.8 Å². The van der Waals surface area contributed by atoms with Crippen LogP contribution in [0.1, 0.15) is 6.42 Å². The number of nitro benzene ring substituents is 1. The van der Waals surface area contributed by atoms with Gasteiger partial charge in [0.25, 0.3) is 5.69 Å². The van der Waals surface area contributed by atoms with Gasteiger partial charge in [-0.3, -0.25) is 10.1 Å². The number of benzene rings is 1. The lowest BCUT2D eigenvalue weighted by Gasteiger charge is -2.24. The van der Waals surface area contributed by atoms with Gasteiger partial charge in [-0.1, -0.05) is 0 Å². The Kier molecular flexibility index (Phi) is 4.32. The summed E-state index contributed by atoms with van der Waals surface area (Å²) in [6.45, 7) is 0. The lowest BCUT2D eigenvalue weighted by Crippen LogP contribution is -2.55. The molecular formula is C12H13N3O5S. The standard InChI is InChI=1S/C12H13N3O5S/c16-10(17)12(5-6-21-7-12)14-11(18)13-8-1-3-9(4-2-8)15(19)20/h1-4H,5-7H2,(H,16,17)(H2,13,14,18). The summed E-state index contributed by atoms with van der Waals surface area (Å²) in [5, 5.41) is 24.7. The zero-order chi connectivity index (χ0) is 15.5. The summed E-state index contributed by atoms with van der Waals surface area (Å²) in [5.74, 6) is -0.0773. The molecule has 112 valence electrons. The number of thioether (sulfide) groups is 1. The number of rotatable bonds is 4. The summed E-state index contributed by atoms with van der Waals surface area (Å²) >= 11 is 1.46. The highest BCUT2D eigenvalue weighted by Gasteiger charge is 2.43. The highest BCUT2D eigenvalue weighted by Crippen LogP contribution is 2.28. The van der Waals surface area contributed by atoms with Gasteiger partial charge in [0.15, 0.2) is 0 Å². The van der Waals surface area contributed by atoms with Gasteiger partial charge in [-0.05, 0) is 24.3 Å². The number of carbonyl (C=O) groups excluding carboxylic acids is 1. The number of nitrogens with zero attached hydrogens (tertiary/aromatic N) is 1. The summed E-state index contributed by atoms with van der Waals surface area (Å²) in [7, 11) is 0. The predicted molar refractivity (Wildman–Crippen MR) is 77.6 cm³/mol. The van der Waals surface area contributed by atoms with E-state index >= 15 is 0 Å². The van der Waals surface area contributed by atoms with Gasteiger partial charge in [0, 0.05) is 23.6 Å². The Morgan fingerprint density at radius 1 is 1.33 bits per heavy atom. The molecule has 1 aromatic rings. The number of hydrogen-bond donors (Lipinski definition) is 3. The quantitative estimate of drug-likeness (QED) is 0.574. The van der Waals surface area contributed by atoms with E-state index in [0.29, 0.717) is 23.6 Å². The van der Waals surface area contributed by atoms with Crippen LogP contribution in [0.25, 0.3) is 0 Å². The van der Waals surface area contributed by atoms with Gasteiger partial charge < -0.3 is 15.7 Å². The third-order valence-electron chi connectivity index (χ3n) is 3.12. The Bertz CT molecular complexity index is 569. The first-order chi connectivity index (χ1) is 9.93. The summed E-state index contributed by atoms with van der Waals surface area (Å²) in [6, 6.07) is 4.64. The molecule has 2 amide bonds. The summed E-state index contributed by atoms with van der Waals surface area (Å²) in [4.78, 5) is 33.1. The number of carboxylic acids is 1. The van der Waals surface area contributed by atoms with E-state index in [1.54, 1.807) is 0 Å². The number of carboxylic acid groups (broad SMARTS) is 1. The number of aliphatic carboxylic acids is 1. The molecule has 1 aromatic carbocycles. The molecule has 1 unspecified atom stereocenters. The van der Waals surface area contributed by atoms with E-state index in [2.05, 4.69) is 10.6 Å². The minimum atomic E-state index is -1.25. The number of amides is 2. The van der Waals surface area contributed by atoms with Crippen LogP contribution in [0.2, 0.25) is 0 Å². The van der Waals surface area contributed by atoms with Crippen molar-refractivity contribution in [2.45, 2.75) is 12.0 Å². The molecule has 1 aliphatic rings. The highest BCUT2D eigenvalue weighted by molar-refractivity contribution is 7.99. The fourth-order valence-electron chi connectivity index (χ4n) is 1.93. The van der Waals surface area contributed by atoms with Crippen LogP contribution >= 0.6 is 11.8 Å². The lowest BCUT2D eigenvalue weighted by atomic mass is 10.00. The van der Waals surface area contributed by atoms with E-state index < -0.39 is 22.5 Å². The fraction of sp³-hybridized carbons (Fsp3) is 0.333. The maximum Gasteiger partial charge on any atom is 0.330 e. The number of hydrogen-bond acceptors (Lipinski definition) is 5. The van der Waals surface area contributed by atoms with Gasteiger partial charge in [-0.25, -0.2) is 9.59 Å². The first kappa shape index (κ1) is 15.1. The van der Waals surface area contributed by atoms with Crippen molar-refractivity contribution in [2.75, 3.05) is 16.8 Å². The van der Waals surface area contributed by atoms with Crippen molar-refractivity contribution in [1.29, 1.82) is 0 Å². The van der Waals surface area contributed by atoms with E-state index in [-0.39, 0.29) is 5.69 Å². The molecule has 9 heteroatoms. The molecule has 1 fully saturated rings. The van der Waals surface area contributed by atoms with Crippen LogP contribution < -0.4 is 10.6 Å². The molecule has 2 rings (SSSR count). The SMILES string of the molecule is O=C(Nc1ccc([N+](=O)[O-])cc1)NC1(C(=O)O)CCSC1. The molecule has 1 saturated heterocycles. The van der Waals surface area contributed by atoms with Gasteiger partial charge in [0.1, 0.15) is 5.54 Å². The van der Waals surface area contributed by atoms with Crippen molar-refractivity contribution in [2.24, 2.45) is 0 Å². The molecule has 0 bridgehead atoms. The average molecular weight is 311 g/mol. The zero-order valence-electron chi connectivity index (χ0n) is 10.9. The van der Waals surface area contributed by atoms with Crippen LogP contribution in [0.3, 0.4) is 0 Å². The molecule has 0 radical (unpaired) electrons. The second-order valence-electron chi connectivity index (χ2n) is 4.57. The van der Waals surface area contributed by atoms with Crippen molar-refractivity contribution in [3.8, 4) is 0 Å². The minimum absolute atomic E-state index is 0.0878. The molecule has 1 atom stereocenters. The number of carbonyl (C=O) groups is 2. The normalized spacial score (nSPS) is 20.8. The van der Waals surface area contributed by atoms with Gasteiger partial charge in [-0.15, -0.1) is 0 Å². The molecule has 21 heavy (non-hydrogen) atoms. The van der Waals surface area contributed by atoms with E-state index in [1.165, 1.54) is 36.0 Å². The van der Waals surface area contributed by atoms with Gasteiger partial charge >= 0.3 is 12.0 Å². The van der Waals surface area contributed by atoms with Crippen LogP contribution in [-0.4, -0.2) is 39.1 Å². The molecule has 1 aliphatic heterocycles. The lowest BCUT2D eigenvalue weighted by molar-refractivity contribution is -0.384. The van der Waals surface area contributed by atoms with Crippen molar-refractivity contribution in [3.63, 3.8) is 0 Å². The molecule has 8 nitrogen and oxygen atoms in total. The average Bonchev–Trinajstić information content (AvgIpc) is 2.89. The van der Waals surface area contributed by atoms with E-state index in [0.717, 1.165) is 0 Å². The fourth-order valence-corrected chi connectivity index (χ4v) is 3.26. The Morgan fingerprint density at radius 3 is 2.48 bits per heavy atom. The smallest absolute Gasteiger partial charge is 0.330 e. The van der Waals surface area contributed by atoms with E-state index in [1.807, 2.05) is 0 Å². The monoisotopic (exact) mass is 311 g/mol. The summed E-state index contributed by atoms with van der Waals surface area (Å²) < 4.78 is 0. The summed E-state index contributed by atoms with van der Waals surface area (Å²) in [6.07, 6.45) is 0.362. The van der Waals surface area contributed by atoms with Crippen LogP contribution in [0.15, 0.2) is 24.3 Å². The first-order valence-electron chi connectivity index (χ1n) is 6.08. The molecular weight excluding hydrogens is 298 g/mol. The van der Waals surface area contributed by atoms with Crippen molar-refractivity contribution in [1.82, 2.24) is 5.32 Å². The first-order valence-corrected chi connectivity index (χ1v) is 7.23. The predicted octanol–water partition coefficient (Wildman–Crippen LogP) is 1.68. The van der Waals surface area contributed by atoms with Crippen LogP contribution in [0.5, 0.6) is 0 Å². The number of non-ortho nitro benzene ring substituents is 1. The second kappa shape index (κ2) is 6.00. The molecule has 1 heterocycles. The summed E-state index contributed by atoms with van der Waals surface area (Å²) in [5.41, 5.74) is -0.991. The van der Waals surface area contributed by atoms with Crippen LogP contribution in [0.4, 0.5) is 16.2 Å². The number of nitro groups is 1. The molecule has 3 N–H and O–H groups in total. The second-order valence-corrected chi connectivity index (χ2v) is 5.68. The molecule has 0 aliphatic carbocycles. The van der Waals surface area contributed by atoms with Crippen molar-refractivity contribution >= 4 is 35.1 Å². The van der Waals surface area contributed by atoms with Crippen molar-refractivity contribution < 1.29 is 19.6 Å². The molecule has 0 spiro atoms. The Balaban J connectivity index is 2.01. The largest absolute Gasteiger partial charge is 0.479 e. The Labute approximate surface area is 124 Å². The Hall–Kier alpha value is -2.29. The topological polar surface area (TPSA) is 122 Å². The maximum atomic E-state index is 11.9. The Morgan fingerprint density at radius 2 is 2.00 bits per heavy atom. The third kappa shape index (κ3) is 3.43. The van der Waals surface area contributed by atoms with E-state index in [4.69, 9.17) is 0 Å². The minimum Gasteiger partial charge on any atom is -0.479 e. The van der Waals surface area contributed by atoms with Crippen molar-refractivity contribution in [3.05, 3.63) is 34.4 Å². The van der Waals surface area contributed by atoms with Crippen LogP contribution in [0, 0.1) is 10.1 Å². The third-order valence-corrected chi connectivity index (χ3v) is 4.31. The highest BCUT2D eigenvalue weighted by atomic mass is 32.2. The zero-order valence-corrected chi connectivity index (χ0v) is 11.7.